The van der Waals surface area contributed by atoms with E-state index in [0.717, 1.165) is 63.8 Å². The van der Waals surface area contributed by atoms with Crippen molar-refractivity contribution in [3.05, 3.63) is 0 Å². The van der Waals surface area contributed by atoms with Crippen LogP contribution in [0.5, 0.6) is 0 Å². The molecule has 3 aliphatic carbocycles. The molecule has 176 valence electrons. The van der Waals surface area contributed by atoms with Crippen molar-refractivity contribution in [1.82, 2.24) is 10.2 Å². The number of nitrogens with zero attached hydrogens (tertiary/aromatic N) is 1. The number of carbonyl (C=O) groups excluding carboxylic acids is 1. The summed E-state index contributed by atoms with van der Waals surface area (Å²) in [6.45, 7) is 1.02. The van der Waals surface area contributed by atoms with E-state index in [2.05, 4.69) is 10.2 Å². The number of carbonyl (C=O) groups is 1. The Morgan fingerprint density at radius 1 is 0.968 bits per heavy atom. The van der Waals surface area contributed by atoms with Crippen molar-refractivity contribution in [2.45, 2.75) is 120 Å². The number of fused-ring (bicyclic) bond motifs is 1. The van der Waals surface area contributed by atoms with Crippen LogP contribution in [0.4, 0.5) is 0 Å². The fourth-order valence-electron chi connectivity index (χ4n) is 7.00. The van der Waals surface area contributed by atoms with Gasteiger partial charge >= 0.3 is 0 Å². The molecule has 1 heterocycles. The lowest BCUT2D eigenvalue weighted by Crippen LogP contribution is -2.51. The number of nitrogens with one attached hydrogen (secondary N) is 2. The highest BCUT2D eigenvalue weighted by Gasteiger charge is 2.47. The molecule has 0 spiro atoms. The van der Waals surface area contributed by atoms with Gasteiger partial charge in [-0.25, -0.2) is 0 Å². The van der Waals surface area contributed by atoms with Crippen molar-refractivity contribution in [1.29, 1.82) is 5.41 Å². The second-order valence-corrected chi connectivity index (χ2v) is 11.0. The number of amidine groups is 1. The first-order valence-electron chi connectivity index (χ1n) is 13.2. The van der Waals surface area contributed by atoms with Crippen LogP contribution in [-0.2, 0) is 4.79 Å². The lowest BCUT2D eigenvalue weighted by atomic mass is 9.78. The molecule has 4 aliphatic rings. The van der Waals surface area contributed by atoms with Gasteiger partial charge in [0.15, 0.2) is 0 Å². The first-order valence-corrected chi connectivity index (χ1v) is 13.2. The molecular weight excluding hydrogens is 386 g/mol. The number of hydrogen-bond donors (Lipinski definition) is 4. The van der Waals surface area contributed by atoms with E-state index < -0.39 is 0 Å². The van der Waals surface area contributed by atoms with Crippen LogP contribution < -0.4 is 16.8 Å². The number of likely N-dealkylation sites (tertiary alicyclic amines) is 1. The van der Waals surface area contributed by atoms with Gasteiger partial charge in [-0.2, -0.15) is 0 Å². The van der Waals surface area contributed by atoms with Gasteiger partial charge in [-0.15, -0.1) is 0 Å². The van der Waals surface area contributed by atoms with Crippen molar-refractivity contribution in [2.75, 3.05) is 6.54 Å². The highest BCUT2D eigenvalue weighted by atomic mass is 16.2. The molecule has 6 N–H and O–H groups in total. The molecule has 0 radical (unpaired) electrons. The largest absolute Gasteiger partial charge is 0.387 e. The Morgan fingerprint density at radius 3 is 2.42 bits per heavy atom. The molecule has 1 amide bonds. The predicted octanol–water partition coefficient (Wildman–Crippen LogP) is 3.53. The standard InChI is InChI=1S/C25H45N5O/c26-20-10-12-21(13-11-20)29-25(31)23-15-18-8-9-19(24(27)28)16-22(18)30(23)14-4-7-17-5-2-1-3-6-17/h17-23H,1-16,26H2,(H3,27,28)(H,29,31). The summed E-state index contributed by atoms with van der Waals surface area (Å²) in [5.41, 5.74) is 12.0. The molecular formula is C25H45N5O. The van der Waals surface area contributed by atoms with E-state index in [4.69, 9.17) is 16.9 Å². The highest BCUT2D eigenvalue weighted by Crippen LogP contribution is 2.42. The number of nitrogens with two attached hydrogens (primary N) is 2. The van der Waals surface area contributed by atoms with Crippen LogP contribution in [0, 0.1) is 23.2 Å². The summed E-state index contributed by atoms with van der Waals surface area (Å²) in [6.07, 6.45) is 17.6. The van der Waals surface area contributed by atoms with Crippen molar-refractivity contribution in [3.63, 3.8) is 0 Å². The van der Waals surface area contributed by atoms with Crippen LogP contribution in [0.15, 0.2) is 0 Å². The van der Waals surface area contributed by atoms with Gasteiger partial charge in [0.25, 0.3) is 0 Å². The summed E-state index contributed by atoms with van der Waals surface area (Å²) >= 11 is 0. The molecule has 4 unspecified atom stereocenters. The molecule has 1 saturated heterocycles. The van der Waals surface area contributed by atoms with E-state index in [1.54, 1.807) is 0 Å². The topological polar surface area (TPSA) is 108 Å². The average Bonchev–Trinajstić information content (AvgIpc) is 3.14. The Balaban J connectivity index is 1.38. The molecule has 6 heteroatoms. The van der Waals surface area contributed by atoms with Gasteiger partial charge in [0.1, 0.15) is 0 Å². The lowest BCUT2D eigenvalue weighted by molar-refractivity contribution is -0.127. The van der Waals surface area contributed by atoms with E-state index in [1.807, 2.05) is 0 Å². The van der Waals surface area contributed by atoms with E-state index in [9.17, 15) is 4.79 Å². The Kier molecular flexibility index (Phi) is 7.91. The van der Waals surface area contributed by atoms with Crippen LogP contribution in [0.1, 0.15) is 96.3 Å². The Labute approximate surface area is 188 Å². The Morgan fingerprint density at radius 2 is 1.71 bits per heavy atom. The van der Waals surface area contributed by atoms with Gasteiger partial charge in [-0.1, -0.05) is 32.1 Å². The number of hydrogen-bond acceptors (Lipinski definition) is 4. The molecule has 4 rings (SSSR count). The molecule has 0 aromatic heterocycles. The fraction of sp³-hybridized carbons (Fsp3) is 0.920. The van der Waals surface area contributed by atoms with Crippen LogP contribution in [0.3, 0.4) is 0 Å². The second kappa shape index (κ2) is 10.7. The maximum atomic E-state index is 13.4. The van der Waals surface area contributed by atoms with Crippen molar-refractivity contribution in [3.8, 4) is 0 Å². The summed E-state index contributed by atoms with van der Waals surface area (Å²) in [4.78, 5) is 15.9. The van der Waals surface area contributed by atoms with E-state index in [0.29, 0.717) is 29.9 Å². The van der Waals surface area contributed by atoms with Gasteiger partial charge in [0, 0.05) is 24.0 Å². The van der Waals surface area contributed by atoms with E-state index in [-0.39, 0.29) is 17.9 Å². The van der Waals surface area contributed by atoms with Gasteiger partial charge in [0.2, 0.25) is 5.91 Å². The normalized spacial score (nSPS) is 37.3. The predicted molar refractivity (Wildman–Crippen MR) is 126 cm³/mol. The summed E-state index contributed by atoms with van der Waals surface area (Å²) in [5, 5.41) is 11.4. The van der Waals surface area contributed by atoms with E-state index >= 15 is 0 Å². The van der Waals surface area contributed by atoms with Crippen molar-refractivity contribution >= 4 is 11.7 Å². The van der Waals surface area contributed by atoms with Gasteiger partial charge in [-0.05, 0) is 82.6 Å². The summed E-state index contributed by atoms with van der Waals surface area (Å²) in [7, 11) is 0. The molecule has 4 atom stereocenters. The third-order valence-electron chi connectivity index (χ3n) is 8.92. The highest BCUT2D eigenvalue weighted by molar-refractivity contribution is 5.83. The van der Waals surface area contributed by atoms with Crippen molar-refractivity contribution < 1.29 is 4.79 Å². The minimum atomic E-state index is 0.00247. The molecule has 4 fully saturated rings. The van der Waals surface area contributed by atoms with Crippen LogP contribution in [0.25, 0.3) is 0 Å². The zero-order chi connectivity index (χ0) is 21.8. The minimum Gasteiger partial charge on any atom is -0.387 e. The Bertz CT molecular complexity index is 611. The first-order chi connectivity index (χ1) is 15.0. The van der Waals surface area contributed by atoms with Gasteiger partial charge < -0.3 is 16.8 Å². The lowest BCUT2D eigenvalue weighted by Gasteiger charge is -2.37. The monoisotopic (exact) mass is 431 g/mol. The summed E-state index contributed by atoms with van der Waals surface area (Å²) < 4.78 is 0. The number of amides is 1. The molecule has 31 heavy (non-hydrogen) atoms. The fourth-order valence-corrected chi connectivity index (χ4v) is 7.00. The maximum Gasteiger partial charge on any atom is 0.237 e. The van der Waals surface area contributed by atoms with Gasteiger partial charge in [-0.3, -0.25) is 15.1 Å². The third-order valence-corrected chi connectivity index (χ3v) is 8.92. The molecule has 3 saturated carbocycles. The molecule has 0 aromatic carbocycles. The average molecular weight is 432 g/mol. The SMILES string of the molecule is N=C(N)C1CCC2CC(C(=O)NC3CCC(N)CC3)N(CCCC3CCCCC3)C2C1. The zero-order valence-electron chi connectivity index (χ0n) is 19.4. The van der Waals surface area contributed by atoms with Crippen molar-refractivity contribution in [2.24, 2.45) is 29.2 Å². The van der Waals surface area contributed by atoms with E-state index in [1.165, 1.54) is 44.9 Å². The minimum absolute atomic E-state index is 0.00247. The quantitative estimate of drug-likeness (QED) is 0.365. The Hall–Kier alpha value is -1.14. The number of rotatable bonds is 7. The summed E-state index contributed by atoms with van der Waals surface area (Å²) in [6, 6.07) is 1.03. The van der Waals surface area contributed by atoms with Crippen LogP contribution in [0.2, 0.25) is 0 Å². The maximum absolute atomic E-state index is 13.4. The molecule has 0 bridgehead atoms. The molecule has 0 aromatic rings. The van der Waals surface area contributed by atoms with Crippen LogP contribution >= 0.6 is 0 Å². The third kappa shape index (κ3) is 5.81. The molecule has 1 aliphatic heterocycles. The zero-order valence-corrected chi connectivity index (χ0v) is 19.4. The van der Waals surface area contributed by atoms with Gasteiger partial charge in [0.05, 0.1) is 11.9 Å². The first kappa shape index (κ1) is 23.0. The summed E-state index contributed by atoms with van der Waals surface area (Å²) in [5.74, 6) is 2.26. The second-order valence-electron chi connectivity index (χ2n) is 11.0. The smallest absolute Gasteiger partial charge is 0.237 e. The van der Waals surface area contributed by atoms with Crippen LogP contribution in [-0.4, -0.2) is 47.4 Å². The molecule has 6 nitrogen and oxygen atoms in total.